The molecule has 0 radical (unpaired) electrons. The van der Waals surface area contributed by atoms with Crippen LogP contribution in [0, 0.1) is 11.3 Å². The number of ether oxygens (including phenoxy) is 1. The molecule has 40 heavy (non-hydrogen) atoms. The fourth-order valence-electron chi connectivity index (χ4n) is 4.41. The molecule has 8 heteroatoms. The fourth-order valence-corrected chi connectivity index (χ4v) is 4.41. The molecule has 8 nitrogen and oxygen atoms in total. The summed E-state index contributed by atoms with van der Waals surface area (Å²) in [5, 5.41) is 17.2. The first kappa shape index (κ1) is 26.1. The predicted molar refractivity (Wildman–Crippen MR) is 153 cm³/mol. The maximum absolute atomic E-state index is 13.1. The minimum atomic E-state index is -0.458. The van der Waals surface area contributed by atoms with Gasteiger partial charge in [0.2, 0.25) is 0 Å². The van der Waals surface area contributed by atoms with Gasteiger partial charge < -0.3 is 23.9 Å². The number of benzene rings is 3. The number of carbonyl (C=O) groups is 1. The van der Waals surface area contributed by atoms with Gasteiger partial charge in [0.1, 0.15) is 29.0 Å². The summed E-state index contributed by atoms with van der Waals surface area (Å²) in [7, 11) is 1.60. The lowest BCUT2D eigenvalue weighted by Crippen LogP contribution is -2.20. The van der Waals surface area contributed by atoms with Crippen molar-refractivity contribution in [3.05, 3.63) is 120 Å². The van der Waals surface area contributed by atoms with Gasteiger partial charge in [-0.15, -0.1) is 0 Å². The third kappa shape index (κ3) is 5.79. The number of nitriles is 1. The van der Waals surface area contributed by atoms with E-state index in [4.69, 9.17) is 14.0 Å². The van der Waals surface area contributed by atoms with Crippen molar-refractivity contribution < 1.29 is 18.8 Å². The van der Waals surface area contributed by atoms with E-state index in [-0.39, 0.29) is 6.61 Å². The second kappa shape index (κ2) is 12.3. The summed E-state index contributed by atoms with van der Waals surface area (Å²) in [5.74, 6) is 1.30. The van der Waals surface area contributed by atoms with Gasteiger partial charge in [0.25, 0.3) is 5.91 Å². The monoisotopic (exact) mass is 530 g/mol. The molecule has 0 saturated heterocycles. The molecule has 1 N–H and O–H groups in total. The summed E-state index contributed by atoms with van der Waals surface area (Å²) in [6.07, 6.45) is 3.10. The number of rotatable bonds is 10. The van der Waals surface area contributed by atoms with Crippen molar-refractivity contribution in [3.8, 4) is 34.2 Å². The first-order valence-electron chi connectivity index (χ1n) is 12.6. The topological polar surface area (TPSA) is 102 Å². The molecule has 0 aliphatic carbocycles. The van der Waals surface area contributed by atoms with E-state index in [0.717, 1.165) is 33.7 Å². The van der Waals surface area contributed by atoms with Crippen LogP contribution >= 0.6 is 0 Å². The number of amides is 1. The van der Waals surface area contributed by atoms with Crippen molar-refractivity contribution in [2.75, 3.05) is 19.0 Å². The van der Waals surface area contributed by atoms with Gasteiger partial charge >= 0.3 is 0 Å². The maximum atomic E-state index is 13.1. The molecule has 2 aromatic heterocycles. The van der Waals surface area contributed by atoms with Crippen LogP contribution in [-0.2, 0) is 16.2 Å². The molecule has 0 saturated carbocycles. The predicted octanol–water partition coefficient (Wildman–Crippen LogP) is 6.33. The highest BCUT2D eigenvalue weighted by Crippen LogP contribution is 2.42. The third-order valence-corrected chi connectivity index (χ3v) is 6.22. The number of nitrogens with one attached hydrogen (secondary N) is 1. The number of aromatic nitrogens is 1. The van der Waals surface area contributed by atoms with Crippen LogP contribution in [0.4, 0.5) is 5.82 Å². The van der Waals surface area contributed by atoms with Gasteiger partial charge in [-0.05, 0) is 53.1 Å². The Kier molecular flexibility index (Phi) is 8.04. The second-order valence-corrected chi connectivity index (χ2v) is 8.79. The summed E-state index contributed by atoms with van der Waals surface area (Å²) < 4.78 is 12.7. The van der Waals surface area contributed by atoms with E-state index in [1.165, 1.54) is 6.21 Å². The van der Waals surface area contributed by atoms with E-state index in [1.54, 1.807) is 31.6 Å². The van der Waals surface area contributed by atoms with Crippen molar-refractivity contribution in [3.63, 3.8) is 0 Å². The third-order valence-electron chi connectivity index (χ3n) is 6.22. The Morgan fingerprint density at radius 3 is 2.30 bits per heavy atom. The van der Waals surface area contributed by atoms with Crippen LogP contribution < -0.4 is 10.1 Å². The molecular formula is C32H26N4O4. The number of carbonyl (C=O) groups excluding carboxylic acids is 1. The van der Waals surface area contributed by atoms with Crippen LogP contribution in [0.3, 0.4) is 0 Å². The van der Waals surface area contributed by atoms with E-state index >= 15 is 0 Å². The standard InChI is InChI=1S/C32H26N4O4/c1-38-26-16-14-23(15-17-26)20-34-40-22-29(37)35-32-28(19-33)30(24-9-4-2-5-10-24)31(25-11-6-3-7-12-25)36(32)21-27-13-8-18-39-27/h2-18,20H,21-22H2,1H3,(H,35,37)/b34-20-. The summed E-state index contributed by atoms with van der Waals surface area (Å²) in [4.78, 5) is 18.3. The first-order chi connectivity index (χ1) is 19.7. The maximum Gasteiger partial charge on any atom is 0.266 e. The molecule has 3 aromatic carbocycles. The van der Waals surface area contributed by atoms with Gasteiger partial charge in [0, 0.05) is 5.56 Å². The molecule has 0 fully saturated rings. The molecular weight excluding hydrogens is 504 g/mol. The minimum Gasteiger partial charge on any atom is -0.497 e. The Hall–Kier alpha value is -5.55. The summed E-state index contributed by atoms with van der Waals surface area (Å²) in [6.45, 7) is -0.0460. The van der Waals surface area contributed by atoms with Crippen LogP contribution in [0.5, 0.6) is 5.75 Å². The lowest BCUT2D eigenvalue weighted by Gasteiger charge is -2.14. The van der Waals surface area contributed by atoms with Crippen LogP contribution in [0.25, 0.3) is 22.4 Å². The molecule has 0 bridgehead atoms. The highest BCUT2D eigenvalue weighted by molar-refractivity contribution is 5.98. The Morgan fingerprint density at radius 1 is 0.975 bits per heavy atom. The zero-order chi connectivity index (χ0) is 27.7. The molecule has 2 heterocycles. The number of nitrogens with zero attached hydrogens (tertiary/aromatic N) is 3. The Bertz CT molecular complexity index is 1630. The van der Waals surface area contributed by atoms with E-state index in [0.29, 0.717) is 23.7 Å². The minimum absolute atomic E-state index is 0.296. The van der Waals surface area contributed by atoms with Gasteiger partial charge in [-0.2, -0.15) is 5.26 Å². The largest absolute Gasteiger partial charge is 0.497 e. The lowest BCUT2D eigenvalue weighted by molar-refractivity contribution is -0.120. The lowest BCUT2D eigenvalue weighted by atomic mass is 9.98. The number of oxime groups is 1. The molecule has 5 aromatic rings. The summed E-state index contributed by atoms with van der Waals surface area (Å²) in [5.41, 5.74) is 4.38. The highest BCUT2D eigenvalue weighted by atomic mass is 16.6. The zero-order valence-electron chi connectivity index (χ0n) is 21.8. The van der Waals surface area contributed by atoms with Crippen molar-refractivity contribution in [1.82, 2.24) is 4.57 Å². The SMILES string of the molecule is COc1ccc(/C=N\OCC(=O)Nc2c(C#N)c(-c3ccccc3)c(-c3ccccc3)n2Cc2ccco2)cc1. The number of hydrogen-bond acceptors (Lipinski definition) is 6. The number of methoxy groups -OCH3 is 1. The molecule has 1 amide bonds. The molecule has 0 spiro atoms. The van der Waals surface area contributed by atoms with Crippen LogP contribution in [-0.4, -0.2) is 30.4 Å². The average Bonchev–Trinajstić information content (AvgIpc) is 3.63. The first-order valence-corrected chi connectivity index (χ1v) is 12.6. The number of furan rings is 1. The fraction of sp³-hybridized carbons (Fsp3) is 0.0938. The van der Waals surface area contributed by atoms with Crippen molar-refractivity contribution >= 4 is 17.9 Å². The van der Waals surface area contributed by atoms with Gasteiger partial charge in [-0.25, -0.2) is 0 Å². The average molecular weight is 531 g/mol. The highest BCUT2D eigenvalue weighted by Gasteiger charge is 2.27. The van der Waals surface area contributed by atoms with Gasteiger partial charge in [-0.1, -0.05) is 65.8 Å². The van der Waals surface area contributed by atoms with Crippen molar-refractivity contribution in [2.24, 2.45) is 5.16 Å². The molecule has 0 aliphatic rings. The van der Waals surface area contributed by atoms with Gasteiger partial charge in [0.15, 0.2) is 6.61 Å². The molecule has 0 aliphatic heterocycles. The van der Waals surface area contributed by atoms with Crippen LogP contribution in [0.1, 0.15) is 16.9 Å². The Labute approximate surface area is 231 Å². The van der Waals surface area contributed by atoms with Crippen molar-refractivity contribution in [1.29, 1.82) is 5.26 Å². The van der Waals surface area contributed by atoms with Crippen molar-refractivity contribution in [2.45, 2.75) is 6.54 Å². The molecule has 5 rings (SSSR count). The van der Waals surface area contributed by atoms with E-state index < -0.39 is 5.91 Å². The number of anilines is 1. The van der Waals surface area contributed by atoms with Crippen LogP contribution in [0.2, 0.25) is 0 Å². The van der Waals surface area contributed by atoms with Crippen LogP contribution in [0.15, 0.2) is 113 Å². The van der Waals surface area contributed by atoms with Gasteiger partial charge in [-0.3, -0.25) is 4.79 Å². The smallest absolute Gasteiger partial charge is 0.266 e. The zero-order valence-corrected chi connectivity index (χ0v) is 21.8. The normalized spacial score (nSPS) is 10.8. The van der Waals surface area contributed by atoms with E-state index in [9.17, 15) is 10.1 Å². The number of hydrogen-bond donors (Lipinski definition) is 1. The quantitative estimate of drug-likeness (QED) is 0.168. The van der Waals surface area contributed by atoms with Gasteiger partial charge in [0.05, 0.1) is 31.8 Å². The Balaban J connectivity index is 1.49. The summed E-state index contributed by atoms with van der Waals surface area (Å²) in [6, 6.07) is 32.7. The molecule has 0 unspecified atom stereocenters. The molecule has 0 atom stereocenters. The van der Waals surface area contributed by atoms with E-state index in [1.807, 2.05) is 83.4 Å². The Morgan fingerprint density at radius 2 is 1.68 bits per heavy atom. The molecule has 198 valence electrons. The van der Waals surface area contributed by atoms with E-state index in [2.05, 4.69) is 16.5 Å². The second-order valence-electron chi connectivity index (χ2n) is 8.79. The summed E-state index contributed by atoms with van der Waals surface area (Å²) >= 11 is 0.